The van der Waals surface area contributed by atoms with Crippen molar-refractivity contribution in [2.45, 2.75) is 32.1 Å². The lowest BCUT2D eigenvalue weighted by atomic mass is 9.99. The smallest absolute Gasteiger partial charge is 0.335 e. The molecular weight excluding hydrogens is 242 g/mol. The Bertz CT molecular complexity index is 445. The van der Waals surface area contributed by atoms with Crippen LogP contribution in [0, 0.1) is 0 Å². The molecule has 1 aromatic rings. The van der Waals surface area contributed by atoms with Gasteiger partial charge in [-0.25, -0.2) is 4.79 Å². The summed E-state index contributed by atoms with van der Waals surface area (Å²) in [5, 5.41) is 17.8. The number of aromatic carboxylic acids is 1. The normalized spacial score (nSPS) is 14.3. The number of carboxylic acid groups (broad SMARTS) is 1. The van der Waals surface area contributed by atoms with Crippen LogP contribution < -0.4 is 4.90 Å². The molecule has 0 radical (unpaired) electrons. The number of carboxylic acids is 1. The molecule has 4 nitrogen and oxygen atoms in total. The first-order valence-electron chi connectivity index (χ1n) is 6.94. The number of fused-ring (bicyclic) bond motifs is 1. The van der Waals surface area contributed by atoms with Crippen LogP contribution in [0.2, 0.25) is 0 Å². The minimum atomic E-state index is -0.858. The van der Waals surface area contributed by atoms with E-state index in [1.807, 2.05) is 6.07 Å². The predicted octanol–water partition coefficient (Wildman–Crippen LogP) is 2.30. The first-order valence-corrected chi connectivity index (χ1v) is 6.94. The van der Waals surface area contributed by atoms with Gasteiger partial charge in [-0.1, -0.05) is 0 Å². The minimum Gasteiger partial charge on any atom is -0.478 e. The maximum absolute atomic E-state index is 11.0. The summed E-state index contributed by atoms with van der Waals surface area (Å²) in [6.07, 6.45) is 5.01. The lowest BCUT2D eigenvalue weighted by molar-refractivity contribution is 0.0696. The first kappa shape index (κ1) is 13.9. The molecular formula is C15H21NO3. The third kappa shape index (κ3) is 3.47. The number of aliphatic hydroxyl groups is 1. The maximum atomic E-state index is 11.0. The van der Waals surface area contributed by atoms with Gasteiger partial charge in [-0.3, -0.25) is 0 Å². The number of benzene rings is 1. The van der Waals surface area contributed by atoms with E-state index in [0.29, 0.717) is 5.56 Å². The largest absolute Gasteiger partial charge is 0.478 e. The van der Waals surface area contributed by atoms with Crippen molar-refractivity contribution in [1.29, 1.82) is 0 Å². The molecule has 2 rings (SSSR count). The molecule has 0 aliphatic carbocycles. The first-order chi connectivity index (χ1) is 9.22. The van der Waals surface area contributed by atoms with Crippen molar-refractivity contribution in [3.63, 3.8) is 0 Å². The van der Waals surface area contributed by atoms with Crippen molar-refractivity contribution >= 4 is 11.7 Å². The predicted molar refractivity (Wildman–Crippen MR) is 74.9 cm³/mol. The van der Waals surface area contributed by atoms with Crippen molar-refractivity contribution in [3.8, 4) is 0 Å². The van der Waals surface area contributed by atoms with Crippen molar-refractivity contribution in [3.05, 3.63) is 29.3 Å². The van der Waals surface area contributed by atoms with Gasteiger partial charge in [-0.2, -0.15) is 0 Å². The molecule has 0 fully saturated rings. The summed E-state index contributed by atoms with van der Waals surface area (Å²) < 4.78 is 0. The van der Waals surface area contributed by atoms with Crippen LogP contribution in [-0.2, 0) is 6.42 Å². The Morgan fingerprint density at radius 3 is 2.84 bits per heavy atom. The molecule has 0 saturated heterocycles. The summed E-state index contributed by atoms with van der Waals surface area (Å²) in [6.45, 7) is 2.29. The van der Waals surface area contributed by atoms with E-state index < -0.39 is 5.97 Å². The number of hydrogen-bond donors (Lipinski definition) is 2. The molecule has 1 aromatic carbocycles. The van der Waals surface area contributed by atoms with E-state index in [1.165, 1.54) is 5.69 Å². The second-order valence-electron chi connectivity index (χ2n) is 5.02. The molecule has 2 N–H and O–H groups in total. The number of rotatable bonds is 6. The number of anilines is 1. The number of hydrogen-bond acceptors (Lipinski definition) is 3. The van der Waals surface area contributed by atoms with Crippen LogP contribution in [-0.4, -0.2) is 35.9 Å². The summed E-state index contributed by atoms with van der Waals surface area (Å²) in [5.74, 6) is -0.858. The van der Waals surface area contributed by atoms with Gasteiger partial charge in [-0.15, -0.1) is 0 Å². The van der Waals surface area contributed by atoms with E-state index in [2.05, 4.69) is 4.90 Å². The summed E-state index contributed by atoms with van der Waals surface area (Å²) in [6, 6.07) is 5.43. The number of unbranched alkanes of at least 4 members (excludes halogenated alkanes) is 2. The van der Waals surface area contributed by atoms with Crippen molar-refractivity contribution < 1.29 is 15.0 Å². The molecule has 0 spiro atoms. The fourth-order valence-electron chi connectivity index (χ4n) is 2.63. The van der Waals surface area contributed by atoms with Gasteiger partial charge in [0.15, 0.2) is 0 Å². The Labute approximate surface area is 113 Å². The summed E-state index contributed by atoms with van der Waals surface area (Å²) in [4.78, 5) is 13.3. The van der Waals surface area contributed by atoms with Crippen LogP contribution in [0.25, 0.3) is 0 Å². The van der Waals surface area contributed by atoms with Crippen LogP contribution in [0.5, 0.6) is 0 Å². The summed E-state index contributed by atoms with van der Waals surface area (Å²) in [7, 11) is 0. The highest BCUT2D eigenvalue weighted by Gasteiger charge is 2.17. The quantitative estimate of drug-likeness (QED) is 0.773. The van der Waals surface area contributed by atoms with Gasteiger partial charge in [0, 0.05) is 25.4 Å². The molecule has 4 heteroatoms. The van der Waals surface area contributed by atoms with Gasteiger partial charge >= 0.3 is 5.97 Å². The van der Waals surface area contributed by atoms with E-state index in [9.17, 15) is 4.79 Å². The molecule has 0 amide bonds. The third-order valence-corrected chi connectivity index (χ3v) is 3.63. The van der Waals surface area contributed by atoms with Crippen molar-refractivity contribution in [2.24, 2.45) is 0 Å². The van der Waals surface area contributed by atoms with E-state index in [-0.39, 0.29) is 6.61 Å². The van der Waals surface area contributed by atoms with Gasteiger partial charge < -0.3 is 15.1 Å². The standard InChI is InChI=1S/C15H21NO3/c17-10-3-1-2-8-16-9-4-5-12-11-13(15(18)19)6-7-14(12)16/h6-7,11,17H,1-5,8-10H2,(H,18,19). The SMILES string of the molecule is O=C(O)c1ccc2c(c1)CCCN2CCCCCO. The van der Waals surface area contributed by atoms with Crippen LogP contribution in [0.15, 0.2) is 18.2 Å². The van der Waals surface area contributed by atoms with Crippen LogP contribution in [0.3, 0.4) is 0 Å². The van der Waals surface area contributed by atoms with E-state index >= 15 is 0 Å². The number of aliphatic hydroxyl groups excluding tert-OH is 1. The summed E-state index contributed by atoms with van der Waals surface area (Å²) >= 11 is 0. The highest BCUT2D eigenvalue weighted by molar-refractivity contribution is 5.88. The Morgan fingerprint density at radius 1 is 1.26 bits per heavy atom. The Morgan fingerprint density at radius 2 is 2.11 bits per heavy atom. The number of aryl methyl sites for hydroxylation is 1. The zero-order valence-electron chi connectivity index (χ0n) is 11.1. The number of nitrogens with zero attached hydrogens (tertiary/aromatic N) is 1. The lowest BCUT2D eigenvalue weighted by Crippen LogP contribution is -2.30. The van der Waals surface area contributed by atoms with Crippen molar-refractivity contribution in [1.82, 2.24) is 0 Å². The average Bonchev–Trinajstić information content (AvgIpc) is 2.43. The van der Waals surface area contributed by atoms with Crippen molar-refractivity contribution in [2.75, 3.05) is 24.6 Å². The third-order valence-electron chi connectivity index (χ3n) is 3.63. The van der Waals surface area contributed by atoms with E-state index in [0.717, 1.165) is 50.8 Å². The Hall–Kier alpha value is -1.55. The topological polar surface area (TPSA) is 60.8 Å². The zero-order valence-corrected chi connectivity index (χ0v) is 11.1. The maximum Gasteiger partial charge on any atom is 0.335 e. The van der Waals surface area contributed by atoms with Gasteiger partial charge in [0.25, 0.3) is 0 Å². The minimum absolute atomic E-state index is 0.262. The molecule has 0 unspecified atom stereocenters. The second-order valence-corrected chi connectivity index (χ2v) is 5.02. The van der Waals surface area contributed by atoms with Crippen LogP contribution in [0.1, 0.15) is 41.6 Å². The van der Waals surface area contributed by atoms with E-state index in [1.54, 1.807) is 12.1 Å². The van der Waals surface area contributed by atoms with Gasteiger partial charge in [0.1, 0.15) is 0 Å². The molecule has 19 heavy (non-hydrogen) atoms. The van der Waals surface area contributed by atoms with Crippen LogP contribution >= 0.6 is 0 Å². The molecule has 1 heterocycles. The molecule has 0 atom stereocenters. The molecule has 104 valence electrons. The second kappa shape index (κ2) is 6.57. The fourth-order valence-corrected chi connectivity index (χ4v) is 2.63. The average molecular weight is 263 g/mol. The number of carbonyl (C=O) groups is 1. The van der Waals surface area contributed by atoms with E-state index in [4.69, 9.17) is 10.2 Å². The molecule has 1 aliphatic rings. The van der Waals surface area contributed by atoms with Gasteiger partial charge in [0.05, 0.1) is 5.56 Å². The Balaban J connectivity index is 2.04. The van der Waals surface area contributed by atoms with Crippen LogP contribution in [0.4, 0.5) is 5.69 Å². The van der Waals surface area contributed by atoms with Gasteiger partial charge in [0.2, 0.25) is 0 Å². The fraction of sp³-hybridized carbons (Fsp3) is 0.533. The lowest BCUT2D eigenvalue weighted by Gasteiger charge is -2.31. The molecule has 1 aliphatic heterocycles. The Kier molecular flexibility index (Phi) is 4.80. The van der Waals surface area contributed by atoms with Gasteiger partial charge in [-0.05, 0) is 55.9 Å². The summed E-state index contributed by atoms with van der Waals surface area (Å²) in [5.41, 5.74) is 2.70. The molecule has 0 saturated carbocycles. The monoisotopic (exact) mass is 263 g/mol. The highest BCUT2D eigenvalue weighted by Crippen LogP contribution is 2.28. The zero-order chi connectivity index (χ0) is 13.7. The molecule has 0 aromatic heterocycles. The molecule has 0 bridgehead atoms. The highest BCUT2D eigenvalue weighted by atomic mass is 16.4.